The van der Waals surface area contributed by atoms with Crippen LogP contribution in [0, 0.1) is 6.92 Å². The van der Waals surface area contributed by atoms with Crippen molar-refractivity contribution >= 4 is 23.2 Å². The molecule has 5 rings (SSSR count). The number of ether oxygens (including phenoxy) is 1. The molecule has 1 saturated heterocycles. The van der Waals surface area contributed by atoms with Crippen LogP contribution in [0.25, 0.3) is 5.95 Å². The Morgan fingerprint density at radius 1 is 1.03 bits per heavy atom. The van der Waals surface area contributed by atoms with Gasteiger partial charge in [-0.25, -0.2) is 4.98 Å². The van der Waals surface area contributed by atoms with Crippen LogP contribution >= 0.6 is 0 Å². The SMILES string of the molecule is Cc1cn(-c2nc(Nc3ccc(C(=O)NCc4ccc(C(F)(F)F)cc4)cc3)cc(N3CCOCC3)n2)cn1. The van der Waals surface area contributed by atoms with E-state index in [4.69, 9.17) is 9.72 Å². The zero-order valence-electron chi connectivity index (χ0n) is 21.1. The predicted molar refractivity (Wildman–Crippen MR) is 139 cm³/mol. The van der Waals surface area contributed by atoms with Crippen LogP contribution in [-0.2, 0) is 17.5 Å². The van der Waals surface area contributed by atoms with Gasteiger partial charge in [0.15, 0.2) is 0 Å². The number of carbonyl (C=O) groups is 1. The van der Waals surface area contributed by atoms with Gasteiger partial charge in [-0.2, -0.15) is 23.1 Å². The molecular weight excluding hydrogens is 511 g/mol. The first-order valence-corrected chi connectivity index (χ1v) is 12.3. The summed E-state index contributed by atoms with van der Waals surface area (Å²) < 4.78 is 45.4. The van der Waals surface area contributed by atoms with Crippen molar-refractivity contribution in [3.05, 3.63) is 89.5 Å². The number of halogens is 3. The third-order valence-corrected chi connectivity index (χ3v) is 6.13. The summed E-state index contributed by atoms with van der Waals surface area (Å²) >= 11 is 0. The van der Waals surface area contributed by atoms with E-state index in [1.807, 2.05) is 19.2 Å². The van der Waals surface area contributed by atoms with Crippen molar-refractivity contribution in [2.24, 2.45) is 0 Å². The van der Waals surface area contributed by atoms with Crippen LogP contribution in [0.3, 0.4) is 0 Å². The number of hydrogen-bond donors (Lipinski definition) is 2. The third kappa shape index (κ3) is 6.52. The molecule has 9 nitrogen and oxygen atoms in total. The van der Waals surface area contributed by atoms with Crippen molar-refractivity contribution in [1.29, 1.82) is 0 Å². The van der Waals surface area contributed by atoms with Crippen molar-refractivity contribution in [1.82, 2.24) is 24.8 Å². The molecule has 1 fully saturated rings. The van der Waals surface area contributed by atoms with E-state index in [9.17, 15) is 18.0 Å². The minimum atomic E-state index is -4.40. The minimum Gasteiger partial charge on any atom is -0.378 e. The van der Waals surface area contributed by atoms with Crippen LogP contribution in [0.4, 0.5) is 30.5 Å². The monoisotopic (exact) mass is 537 g/mol. The summed E-state index contributed by atoms with van der Waals surface area (Å²) in [7, 11) is 0. The van der Waals surface area contributed by atoms with Gasteiger partial charge in [0, 0.05) is 43.1 Å². The van der Waals surface area contributed by atoms with Gasteiger partial charge < -0.3 is 20.3 Å². The average molecular weight is 538 g/mol. The number of rotatable bonds is 7. The molecule has 0 unspecified atom stereocenters. The van der Waals surface area contributed by atoms with Crippen LogP contribution in [0.2, 0.25) is 0 Å². The van der Waals surface area contributed by atoms with Gasteiger partial charge in [0.05, 0.1) is 24.5 Å². The Kier molecular flexibility index (Phi) is 7.46. The molecule has 0 spiro atoms. The lowest BCUT2D eigenvalue weighted by molar-refractivity contribution is -0.137. The highest BCUT2D eigenvalue weighted by Gasteiger charge is 2.29. The number of hydrogen-bond acceptors (Lipinski definition) is 7. The van der Waals surface area contributed by atoms with Crippen LogP contribution in [-0.4, -0.2) is 51.7 Å². The Balaban J connectivity index is 1.27. The quantitative estimate of drug-likeness (QED) is 0.358. The molecule has 0 bridgehead atoms. The molecule has 1 amide bonds. The van der Waals surface area contributed by atoms with Crippen molar-refractivity contribution in [2.45, 2.75) is 19.6 Å². The second-order valence-electron chi connectivity index (χ2n) is 9.01. The summed E-state index contributed by atoms with van der Waals surface area (Å²) in [5.41, 5.74) is 1.82. The zero-order chi connectivity index (χ0) is 27.4. The minimum absolute atomic E-state index is 0.110. The predicted octanol–water partition coefficient (Wildman–Crippen LogP) is 4.50. The Morgan fingerprint density at radius 3 is 2.38 bits per heavy atom. The number of aryl methyl sites for hydroxylation is 1. The number of alkyl halides is 3. The van der Waals surface area contributed by atoms with Crippen LogP contribution in [0.1, 0.15) is 27.2 Å². The number of nitrogens with zero attached hydrogens (tertiary/aromatic N) is 5. The standard InChI is InChI=1S/C27H26F3N7O2/c1-18-16-37(17-32-18)26-34-23(14-24(35-26)36-10-12-39-13-11-36)33-22-8-4-20(5-9-22)25(38)31-15-19-2-6-21(7-3-19)27(28,29)30/h2-9,14,16-17H,10-13,15H2,1H3,(H,31,38)(H,33,34,35). The number of amides is 1. The lowest BCUT2D eigenvalue weighted by Gasteiger charge is -2.28. The van der Waals surface area contributed by atoms with E-state index in [1.165, 1.54) is 12.1 Å². The largest absolute Gasteiger partial charge is 0.416 e. The van der Waals surface area contributed by atoms with Crippen molar-refractivity contribution in [2.75, 3.05) is 36.5 Å². The second-order valence-corrected chi connectivity index (χ2v) is 9.01. The maximum absolute atomic E-state index is 12.7. The van der Waals surface area contributed by atoms with Gasteiger partial charge in [-0.15, -0.1) is 0 Å². The zero-order valence-corrected chi connectivity index (χ0v) is 21.1. The fourth-order valence-corrected chi connectivity index (χ4v) is 4.04. The molecule has 0 atom stereocenters. The van der Waals surface area contributed by atoms with Crippen molar-refractivity contribution in [3.8, 4) is 5.95 Å². The Bertz CT molecular complexity index is 1430. The van der Waals surface area contributed by atoms with E-state index in [2.05, 4.69) is 25.5 Å². The van der Waals surface area contributed by atoms with Gasteiger partial charge in [0.2, 0.25) is 5.95 Å². The fraction of sp³-hybridized carbons (Fsp3) is 0.259. The Morgan fingerprint density at radius 2 is 1.74 bits per heavy atom. The number of aromatic nitrogens is 4. The molecule has 0 saturated carbocycles. The number of benzene rings is 2. The molecule has 0 radical (unpaired) electrons. The Labute approximate surface area is 222 Å². The lowest BCUT2D eigenvalue weighted by Crippen LogP contribution is -2.37. The topological polar surface area (TPSA) is 97.2 Å². The number of carbonyl (C=O) groups excluding carboxylic acids is 1. The molecule has 1 aliphatic rings. The van der Waals surface area contributed by atoms with Gasteiger partial charge in [0.25, 0.3) is 5.91 Å². The van der Waals surface area contributed by atoms with Gasteiger partial charge in [0.1, 0.15) is 18.0 Å². The second kappa shape index (κ2) is 11.1. The molecule has 2 N–H and O–H groups in total. The van der Waals surface area contributed by atoms with Crippen LogP contribution in [0.5, 0.6) is 0 Å². The summed E-state index contributed by atoms with van der Waals surface area (Å²) in [5, 5.41) is 6.00. The van der Waals surface area contributed by atoms with Crippen molar-refractivity contribution in [3.63, 3.8) is 0 Å². The highest BCUT2D eigenvalue weighted by atomic mass is 19.4. The highest BCUT2D eigenvalue weighted by molar-refractivity contribution is 5.94. The molecule has 2 aromatic heterocycles. The van der Waals surface area contributed by atoms with E-state index in [1.54, 1.807) is 35.2 Å². The van der Waals surface area contributed by atoms with Gasteiger partial charge in [-0.05, 0) is 48.9 Å². The number of anilines is 3. The molecule has 39 heavy (non-hydrogen) atoms. The fourth-order valence-electron chi connectivity index (χ4n) is 4.04. The van der Waals surface area contributed by atoms with E-state index in [-0.39, 0.29) is 12.5 Å². The summed E-state index contributed by atoms with van der Waals surface area (Å²) in [6, 6.07) is 13.4. The highest BCUT2D eigenvalue weighted by Crippen LogP contribution is 2.29. The first-order valence-electron chi connectivity index (χ1n) is 12.3. The number of imidazole rings is 1. The van der Waals surface area contributed by atoms with E-state index in [0.717, 1.165) is 36.7 Å². The van der Waals surface area contributed by atoms with Crippen LogP contribution in [0.15, 0.2) is 67.1 Å². The van der Waals surface area contributed by atoms with Crippen molar-refractivity contribution < 1.29 is 22.7 Å². The normalized spacial score (nSPS) is 13.8. The molecule has 0 aliphatic carbocycles. The molecule has 3 heterocycles. The summed E-state index contributed by atoms with van der Waals surface area (Å²) in [6.07, 6.45) is -0.885. The maximum atomic E-state index is 12.7. The molecule has 4 aromatic rings. The summed E-state index contributed by atoms with van der Waals surface area (Å²) in [5.74, 6) is 1.47. The smallest absolute Gasteiger partial charge is 0.378 e. The number of nitrogens with one attached hydrogen (secondary N) is 2. The third-order valence-electron chi connectivity index (χ3n) is 6.13. The summed E-state index contributed by atoms with van der Waals surface area (Å²) in [4.78, 5) is 28.3. The molecule has 202 valence electrons. The van der Waals surface area contributed by atoms with E-state index < -0.39 is 11.7 Å². The van der Waals surface area contributed by atoms with E-state index >= 15 is 0 Å². The number of morpholine rings is 1. The van der Waals surface area contributed by atoms with Crippen LogP contribution < -0.4 is 15.5 Å². The molecule has 2 aromatic carbocycles. The van der Waals surface area contributed by atoms with Gasteiger partial charge in [-0.3, -0.25) is 9.36 Å². The maximum Gasteiger partial charge on any atom is 0.416 e. The van der Waals surface area contributed by atoms with E-state index in [0.29, 0.717) is 41.8 Å². The Hall–Kier alpha value is -4.45. The average Bonchev–Trinajstić information content (AvgIpc) is 3.38. The first-order chi connectivity index (χ1) is 18.7. The molecular formula is C27H26F3N7O2. The molecule has 1 aliphatic heterocycles. The first kappa shape index (κ1) is 26.2. The van der Waals surface area contributed by atoms with Gasteiger partial charge >= 0.3 is 6.18 Å². The summed E-state index contributed by atoms with van der Waals surface area (Å²) in [6.45, 7) is 4.68. The van der Waals surface area contributed by atoms with Gasteiger partial charge in [-0.1, -0.05) is 12.1 Å². The lowest BCUT2D eigenvalue weighted by atomic mass is 10.1. The molecule has 12 heteroatoms.